The highest BCUT2D eigenvalue weighted by atomic mass is 15.3. The zero-order chi connectivity index (χ0) is 42.1. The molecule has 0 amide bonds. The maximum atomic E-state index is 3.73. The second-order valence-corrected chi connectivity index (χ2v) is 17.2. The molecule has 9 aromatic rings. The molecule has 0 saturated carbocycles. The molecule has 9 aromatic carbocycles. The number of rotatable bonds is 6. The Kier molecular flexibility index (Phi) is 8.31. The van der Waals surface area contributed by atoms with Crippen LogP contribution in [0.3, 0.4) is 0 Å². The van der Waals surface area contributed by atoms with E-state index in [9.17, 15) is 0 Å². The molecule has 0 bridgehead atoms. The molecule has 0 fully saturated rings. The molecule has 0 aliphatic carbocycles. The summed E-state index contributed by atoms with van der Waals surface area (Å²) < 4.78 is 0. The molecule has 13 rings (SSSR count). The Hall–Kier alpha value is -8.34. The zero-order valence-electron chi connectivity index (χ0n) is 35.0. The van der Waals surface area contributed by atoms with E-state index in [0.717, 1.165) is 11.4 Å². The van der Waals surface area contributed by atoms with Crippen LogP contribution in [0.5, 0.6) is 0 Å². The molecule has 4 heteroatoms. The van der Waals surface area contributed by atoms with Gasteiger partial charge in [0.1, 0.15) is 12.3 Å². The van der Waals surface area contributed by atoms with Crippen LogP contribution in [0.4, 0.5) is 0 Å². The number of nitrogens with zero attached hydrogens (tertiary/aromatic N) is 2. The summed E-state index contributed by atoms with van der Waals surface area (Å²) in [4.78, 5) is 4.54. The van der Waals surface area contributed by atoms with Gasteiger partial charge in [-0.05, 0) is 135 Å². The standard InChI is InChI=1S/C60H42N4/c1-3-11-39(12-4-1)49-27-29-57-61-55(37-63(57)35-49)45-23-19-43-33-47(25-21-41(43)31-45)59-51-15-7-9-17-53(51)60(54-18-10-8-16-52(54)59)48-26-22-42-32-46(24-20-44(42)34-48)56-38-64-36-50(28-30-58(64)62-56)40-13-5-2-6-14-40/h1-38,57-58,61-62H. The first-order valence-corrected chi connectivity index (χ1v) is 22.1. The van der Waals surface area contributed by atoms with Gasteiger partial charge in [-0.1, -0.05) is 170 Å². The van der Waals surface area contributed by atoms with E-state index in [-0.39, 0.29) is 12.3 Å². The lowest BCUT2D eigenvalue weighted by Gasteiger charge is -2.24. The molecule has 0 radical (unpaired) electrons. The van der Waals surface area contributed by atoms with Crippen LogP contribution in [0.1, 0.15) is 22.3 Å². The number of benzene rings is 9. The van der Waals surface area contributed by atoms with Crippen LogP contribution in [-0.2, 0) is 0 Å². The molecule has 4 nitrogen and oxygen atoms in total. The van der Waals surface area contributed by atoms with Crippen molar-refractivity contribution in [2.24, 2.45) is 0 Å². The van der Waals surface area contributed by atoms with Crippen LogP contribution < -0.4 is 10.6 Å². The van der Waals surface area contributed by atoms with Gasteiger partial charge in [-0.25, -0.2) is 0 Å². The summed E-state index contributed by atoms with van der Waals surface area (Å²) in [5.74, 6) is 0. The summed E-state index contributed by atoms with van der Waals surface area (Å²) in [5.41, 5.74) is 14.5. The smallest absolute Gasteiger partial charge is 0.122 e. The van der Waals surface area contributed by atoms with E-state index in [2.05, 4.69) is 252 Å². The van der Waals surface area contributed by atoms with Gasteiger partial charge in [0.05, 0.1) is 11.4 Å². The number of hydrogen-bond donors (Lipinski definition) is 2. The fraction of sp³-hybridized carbons (Fsp3) is 0.0333. The van der Waals surface area contributed by atoms with Gasteiger partial charge in [-0.15, -0.1) is 0 Å². The second kappa shape index (κ2) is 14.6. The Labute approximate surface area is 372 Å². The van der Waals surface area contributed by atoms with Crippen molar-refractivity contribution in [3.63, 3.8) is 0 Å². The van der Waals surface area contributed by atoms with Crippen LogP contribution in [0.15, 0.2) is 231 Å². The van der Waals surface area contributed by atoms with E-state index >= 15 is 0 Å². The van der Waals surface area contributed by atoms with Crippen LogP contribution in [0.25, 0.3) is 87.9 Å². The minimum absolute atomic E-state index is 0.110. The van der Waals surface area contributed by atoms with E-state index in [4.69, 9.17) is 0 Å². The molecule has 302 valence electrons. The number of allylic oxidation sites excluding steroid dienone is 4. The van der Waals surface area contributed by atoms with Crippen LogP contribution in [-0.4, -0.2) is 22.1 Å². The molecule has 0 aromatic heterocycles. The Morgan fingerprint density at radius 1 is 0.312 bits per heavy atom. The second-order valence-electron chi connectivity index (χ2n) is 17.2. The van der Waals surface area contributed by atoms with Gasteiger partial charge in [-0.3, -0.25) is 0 Å². The van der Waals surface area contributed by atoms with Crippen LogP contribution >= 0.6 is 0 Å². The normalized spacial score (nSPS) is 17.5. The van der Waals surface area contributed by atoms with Crippen molar-refractivity contribution < 1.29 is 0 Å². The fourth-order valence-corrected chi connectivity index (χ4v) is 10.1. The molecule has 0 spiro atoms. The van der Waals surface area contributed by atoms with Crippen molar-refractivity contribution in [3.8, 4) is 22.3 Å². The van der Waals surface area contributed by atoms with Gasteiger partial charge in [-0.2, -0.15) is 0 Å². The van der Waals surface area contributed by atoms with E-state index in [1.54, 1.807) is 0 Å². The topological polar surface area (TPSA) is 30.5 Å². The molecule has 2 unspecified atom stereocenters. The molecular formula is C60H42N4. The molecule has 0 saturated heterocycles. The zero-order valence-corrected chi connectivity index (χ0v) is 35.0. The van der Waals surface area contributed by atoms with Gasteiger partial charge in [0, 0.05) is 24.8 Å². The molecule has 2 atom stereocenters. The summed E-state index contributed by atoms with van der Waals surface area (Å²) >= 11 is 0. The molecule has 4 aliphatic heterocycles. The van der Waals surface area contributed by atoms with Gasteiger partial charge in [0.25, 0.3) is 0 Å². The van der Waals surface area contributed by atoms with Crippen molar-refractivity contribution in [2.75, 3.05) is 0 Å². The number of fused-ring (bicyclic) bond motifs is 6. The highest BCUT2D eigenvalue weighted by Gasteiger charge is 2.26. The summed E-state index contributed by atoms with van der Waals surface area (Å²) in [5, 5.41) is 17.3. The van der Waals surface area contributed by atoms with Gasteiger partial charge in [0.15, 0.2) is 0 Å². The summed E-state index contributed by atoms with van der Waals surface area (Å²) in [6.07, 6.45) is 18.0. The van der Waals surface area contributed by atoms with Crippen molar-refractivity contribution >= 4 is 65.6 Å². The Balaban J connectivity index is 0.831. The first-order chi connectivity index (χ1) is 31.7. The number of nitrogens with one attached hydrogen (secondary N) is 2. The van der Waals surface area contributed by atoms with E-state index in [1.807, 2.05) is 0 Å². The molecular weight excluding hydrogens is 777 g/mol. The predicted octanol–water partition coefficient (Wildman–Crippen LogP) is 13.9. The summed E-state index contributed by atoms with van der Waals surface area (Å²) in [7, 11) is 0. The summed E-state index contributed by atoms with van der Waals surface area (Å²) in [6, 6.07) is 66.6. The molecule has 4 heterocycles. The molecule has 2 N–H and O–H groups in total. The Bertz CT molecular complexity index is 3280. The summed E-state index contributed by atoms with van der Waals surface area (Å²) in [6.45, 7) is 0. The monoisotopic (exact) mass is 818 g/mol. The quantitative estimate of drug-likeness (QED) is 0.164. The largest absolute Gasteiger partial charge is 0.360 e. The van der Waals surface area contributed by atoms with Gasteiger partial charge >= 0.3 is 0 Å². The lowest BCUT2D eigenvalue weighted by molar-refractivity contribution is 0.429. The van der Waals surface area contributed by atoms with Gasteiger partial charge < -0.3 is 20.4 Å². The Morgan fingerprint density at radius 3 is 1.05 bits per heavy atom. The number of hydrogen-bond acceptors (Lipinski definition) is 4. The third-order valence-corrected chi connectivity index (χ3v) is 13.3. The Morgan fingerprint density at radius 2 is 0.656 bits per heavy atom. The van der Waals surface area contributed by atoms with Crippen LogP contribution in [0, 0.1) is 0 Å². The molecule has 64 heavy (non-hydrogen) atoms. The van der Waals surface area contributed by atoms with Crippen molar-refractivity contribution in [3.05, 3.63) is 253 Å². The average molecular weight is 819 g/mol. The first kappa shape index (κ1) is 36.3. The van der Waals surface area contributed by atoms with Crippen LogP contribution in [0.2, 0.25) is 0 Å². The lowest BCUT2D eigenvalue weighted by Crippen LogP contribution is -2.32. The van der Waals surface area contributed by atoms with Gasteiger partial charge in [0.2, 0.25) is 0 Å². The van der Waals surface area contributed by atoms with E-state index in [0.29, 0.717) is 0 Å². The minimum Gasteiger partial charge on any atom is -0.360 e. The van der Waals surface area contributed by atoms with Crippen molar-refractivity contribution in [2.45, 2.75) is 12.3 Å². The maximum Gasteiger partial charge on any atom is 0.122 e. The maximum absolute atomic E-state index is 3.73. The first-order valence-electron chi connectivity index (χ1n) is 22.1. The average Bonchev–Trinajstić information content (AvgIpc) is 4.00. The predicted molar refractivity (Wildman–Crippen MR) is 268 cm³/mol. The third kappa shape index (κ3) is 6.14. The van der Waals surface area contributed by atoms with Crippen molar-refractivity contribution in [1.29, 1.82) is 0 Å². The molecule has 4 aliphatic rings. The minimum atomic E-state index is 0.110. The highest BCUT2D eigenvalue weighted by molar-refractivity contribution is 6.22. The lowest BCUT2D eigenvalue weighted by atomic mass is 9.85. The SMILES string of the molecule is C1=CC2NC(c3ccc4cc(-c5c6ccccc6c(-c6ccc7cc(C8=CN9C=C(c%10ccccc%10)C=CC9N8)ccc7c6)c6ccccc56)ccc4c3)=CN2C=C1c1ccccc1. The van der Waals surface area contributed by atoms with E-state index in [1.165, 1.54) is 98.7 Å². The van der Waals surface area contributed by atoms with Crippen molar-refractivity contribution in [1.82, 2.24) is 20.4 Å². The fourth-order valence-electron chi connectivity index (χ4n) is 10.1. The highest BCUT2D eigenvalue weighted by Crippen LogP contribution is 2.45. The third-order valence-electron chi connectivity index (χ3n) is 13.3. The van der Waals surface area contributed by atoms with E-state index < -0.39 is 0 Å².